The summed E-state index contributed by atoms with van der Waals surface area (Å²) in [7, 11) is 7.01. The van der Waals surface area contributed by atoms with Crippen LogP contribution in [0.15, 0.2) is 59.8 Å². The molecule has 2 aliphatic carbocycles. The Morgan fingerprint density at radius 3 is 2.38 bits per heavy atom. The molecule has 4 N–H and O–H groups in total. The molecular weight excluding hydrogens is 775 g/mol. The molecule has 1 unspecified atom stereocenters. The van der Waals surface area contributed by atoms with Gasteiger partial charge < -0.3 is 29.8 Å². The van der Waals surface area contributed by atoms with Crippen molar-refractivity contribution in [2.45, 2.75) is 63.1 Å². The average molecular weight is 822 g/mol. The van der Waals surface area contributed by atoms with Gasteiger partial charge in [0.05, 0.1) is 41.7 Å². The summed E-state index contributed by atoms with van der Waals surface area (Å²) in [6, 6.07) is 9.75. The van der Waals surface area contributed by atoms with Crippen LogP contribution in [0.4, 0.5) is 5.69 Å². The van der Waals surface area contributed by atoms with Crippen molar-refractivity contribution in [3.63, 3.8) is 0 Å². The smallest absolute Gasteiger partial charge is 0.290 e. The number of piperidine rings is 1. The van der Waals surface area contributed by atoms with E-state index in [0.717, 1.165) is 59.1 Å². The largest absolute Gasteiger partial charge is 0.496 e. The number of fused-ring (bicyclic) bond motifs is 3. The number of carboxylic acid groups (broad SMARTS) is 1. The second-order valence-electron chi connectivity index (χ2n) is 15.6. The van der Waals surface area contributed by atoms with Gasteiger partial charge in [0.15, 0.2) is 0 Å². The van der Waals surface area contributed by atoms with E-state index in [9.17, 15) is 28.8 Å². The molecule has 17 heteroatoms. The van der Waals surface area contributed by atoms with Crippen LogP contribution in [0.3, 0.4) is 0 Å². The van der Waals surface area contributed by atoms with Crippen LogP contribution in [0.5, 0.6) is 11.5 Å². The van der Waals surface area contributed by atoms with E-state index in [1.807, 2.05) is 31.4 Å². The Kier molecular flexibility index (Phi) is 11.5. The lowest BCUT2D eigenvalue weighted by Gasteiger charge is -2.27. The Bertz CT molecular complexity index is 2450. The van der Waals surface area contributed by atoms with Crippen LogP contribution >= 0.6 is 0 Å². The number of nitrogens with one attached hydrogen (secondary N) is 3. The van der Waals surface area contributed by atoms with Crippen molar-refractivity contribution in [1.82, 2.24) is 30.0 Å². The van der Waals surface area contributed by atoms with Crippen LogP contribution in [0.1, 0.15) is 71.2 Å². The summed E-state index contributed by atoms with van der Waals surface area (Å²) in [5.74, 6) is -0.759. The lowest BCUT2D eigenvalue weighted by atomic mass is 9.99. The number of imide groups is 2. The van der Waals surface area contributed by atoms with Crippen LogP contribution in [0.2, 0.25) is 0 Å². The fourth-order valence-corrected chi connectivity index (χ4v) is 8.77. The average Bonchev–Trinajstić information content (AvgIpc) is 4.09. The zero-order valence-corrected chi connectivity index (χ0v) is 33.8. The summed E-state index contributed by atoms with van der Waals surface area (Å²) in [6.45, 7) is 1.37. The number of aryl methyl sites for hydroxylation is 1. The number of unbranched alkanes of at least 4 members (excludes halogenated alkanes) is 2. The van der Waals surface area contributed by atoms with Gasteiger partial charge >= 0.3 is 0 Å². The molecule has 0 radical (unpaired) electrons. The van der Waals surface area contributed by atoms with E-state index in [1.165, 1.54) is 0 Å². The SMILES string of the molecule is COc1cc(-c2cn(C)c(=O)c3cnccc23)cc(OC)c1CN(C)C12CC1(C(=O)NCCCCCNc1cccc3c1C(=O)N(C1CCC(=O)NC1=O)C3=O)C2.O=CO. The highest BCUT2D eigenvalue weighted by Crippen LogP contribution is 2.81. The lowest BCUT2D eigenvalue weighted by molar-refractivity contribution is -0.136. The molecule has 0 bridgehead atoms. The summed E-state index contributed by atoms with van der Waals surface area (Å²) >= 11 is 0. The van der Waals surface area contributed by atoms with Crippen molar-refractivity contribution in [2.24, 2.45) is 12.5 Å². The van der Waals surface area contributed by atoms with Crippen molar-refractivity contribution in [3.05, 3.63) is 82.0 Å². The summed E-state index contributed by atoms with van der Waals surface area (Å²) in [5.41, 5.74) is 2.85. The van der Waals surface area contributed by atoms with E-state index < -0.39 is 35.1 Å². The number of carbonyl (C=O) groups excluding carboxylic acids is 5. The normalized spacial score (nSPS) is 21.1. The number of carbonyl (C=O) groups is 6. The Hall–Kier alpha value is -6.62. The zero-order valence-electron chi connectivity index (χ0n) is 33.8. The predicted octanol–water partition coefficient (Wildman–Crippen LogP) is 3.08. The molecule has 2 aliphatic heterocycles. The number of aromatic nitrogens is 2. The van der Waals surface area contributed by atoms with E-state index in [1.54, 1.807) is 56.4 Å². The van der Waals surface area contributed by atoms with Gasteiger partial charge in [-0.25, -0.2) is 0 Å². The Morgan fingerprint density at radius 2 is 1.70 bits per heavy atom. The highest BCUT2D eigenvalue weighted by molar-refractivity contribution is 6.25. The van der Waals surface area contributed by atoms with Gasteiger partial charge in [0.2, 0.25) is 17.7 Å². The highest BCUT2D eigenvalue weighted by Gasteiger charge is 2.88. The minimum atomic E-state index is -1.01. The van der Waals surface area contributed by atoms with Crippen LogP contribution < -0.4 is 31.0 Å². The van der Waals surface area contributed by atoms with Gasteiger partial charge in [-0.2, -0.15) is 0 Å². The summed E-state index contributed by atoms with van der Waals surface area (Å²) < 4.78 is 13.3. The maximum Gasteiger partial charge on any atom is 0.290 e. The maximum absolute atomic E-state index is 13.4. The predicted molar refractivity (Wildman–Crippen MR) is 219 cm³/mol. The molecule has 2 aromatic carbocycles. The number of rotatable bonds is 15. The molecule has 314 valence electrons. The summed E-state index contributed by atoms with van der Waals surface area (Å²) in [6.07, 6.45) is 9.19. The first-order chi connectivity index (χ1) is 28.9. The third-order valence-electron chi connectivity index (χ3n) is 12.2. The minimum Gasteiger partial charge on any atom is -0.496 e. The molecule has 3 fully saturated rings. The molecule has 1 atom stereocenters. The number of hydrogen-bond acceptors (Lipinski definition) is 12. The van der Waals surface area contributed by atoms with E-state index in [4.69, 9.17) is 19.4 Å². The fraction of sp³-hybridized carbons (Fsp3) is 0.395. The lowest BCUT2D eigenvalue weighted by Crippen LogP contribution is -2.54. The van der Waals surface area contributed by atoms with Crippen LogP contribution in [-0.2, 0) is 32.8 Å². The van der Waals surface area contributed by atoms with Gasteiger partial charge in [-0.1, -0.05) is 6.07 Å². The van der Waals surface area contributed by atoms with Crippen molar-refractivity contribution < 1.29 is 43.3 Å². The molecule has 0 spiro atoms. The van der Waals surface area contributed by atoms with Gasteiger partial charge in [0, 0.05) is 68.5 Å². The van der Waals surface area contributed by atoms with Crippen LogP contribution in [-0.4, -0.2) is 106 Å². The third-order valence-corrected chi connectivity index (χ3v) is 12.2. The standard InChI is InChI=1S/C42H45N7O8.CH2O2/c1-47-20-28(25-13-16-43-19-27(25)37(47)52)24-17-32(56-3)29(33(18-24)57-4)21-48(2)42-22-41(42,23-42)40(55)45-15-7-5-6-14-44-30-10-8-9-26-35(30)39(54)49(38(26)53)31-11-12-34(50)46-36(31)51;2-1-3/h8-10,13,16-20,31,44H,5-7,11-12,14-15,21-23H2,1-4H3,(H,45,55)(H,46,50,51);1H,(H,2,3). The first-order valence-electron chi connectivity index (χ1n) is 19.7. The monoisotopic (exact) mass is 821 g/mol. The molecule has 2 aromatic heterocycles. The second kappa shape index (κ2) is 16.6. The van der Waals surface area contributed by atoms with Crippen molar-refractivity contribution >= 4 is 52.5 Å². The molecule has 4 aromatic rings. The quantitative estimate of drug-likeness (QED) is 0.0771. The zero-order chi connectivity index (χ0) is 42.9. The number of pyridine rings is 2. The van der Waals surface area contributed by atoms with E-state index >= 15 is 0 Å². The Morgan fingerprint density at radius 1 is 1.00 bits per heavy atom. The summed E-state index contributed by atoms with van der Waals surface area (Å²) in [4.78, 5) is 92.4. The Balaban J connectivity index is 0.00000176. The number of methoxy groups -OCH3 is 2. The third kappa shape index (κ3) is 7.22. The number of anilines is 1. The molecule has 60 heavy (non-hydrogen) atoms. The minimum absolute atomic E-state index is 0.0635. The molecule has 4 heterocycles. The number of benzene rings is 2. The highest BCUT2D eigenvalue weighted by atomic mass is 16.5. The molecule has 5 amide bonds. The maximum atomic E-state index is 13.4. The van der Waals surface area contributed by atoms with Crippen molar-refractivity contribution in [2.75, 3.05) is 39.7 Å². The molecule has 8 rings (SSSR count). The molecule has 2 saturated carbocycles. The second-order valence-corrected chi connectivity index (χ2v) is 15.6. The van der Waals surface area contributed by atoms with E-state index in [2.05, 4.69) is 25.8 Å². The molecule has 17 nitrogen and oxygen atoms in total. The van der Waals surface area contributed by atoms with Crippen molar-refractivity contribution in [3.8, 4) is 22.6 Å². The molecular formula is C43H47N7O10. The number of ether oxygens (including phenoxy) is 2. The van der Waals surface area contributed by atoms with Crippen molar-refractivity contribution in [1.29, 1.82) is 0 Å². The van der Waals surface area contributed by atoms with Crippen LogP contribution in [0, 0.1) is 5.41 Å². The fourth-order valence-electron chi connectivity index (χ4n) is 8.77. The van der Waals surface area contributed by atoms with Gasteiger partial charge in [0.1, 0.15) is 17.5 Å². The van der Waals surface area contributed by atoms with Gasteiger partial charge in [-0.15, -0.1) is 0 Å². The number of amides is 5. The van der Waals surface area contributed by atoms with Crippen LogP contribution in [0.25, 0.3) is 21.9 Å². The summed E-state index contributed by atoms with van der Waals surface area (Å²) in [5, 5.41) is 16.9. The van der Waals surface area contributed by atoms with Gasteiger partial charge in [-0.05, 0) is 86.9 Å². The first-order valence-corrected chi connectivity index (χ1v) is 19.7. The van der Waals surface area contributed by atoms with Gasteiger partial charge in [0.25, 0.3) is 23.8 Å². The molecule has 4 aliphatic rings. The number of hydrogen-bond donors (Lipinski definition) is 4. The first kappa shape index (κ1) is 41.5. The Labute approximate surface area is 345 Å². The van der Waals surface area contributed by atoms with E-state index in [0.29, 0.717) is 42.2 Å². The number of nitrogens with zero attached hydrogens (tertiary/aromatic N) is 4. The van der Waals surface area contributed by atoms with E-state index in [-0.39, 0.29) is 47.4 Å². The molecule has 1 saturated heterocycles. The van der Waals surface area contributed by atoms with Gasteiger partial charge in [-0.3, -0.25) is 53.7 Å². The topological polar surface area (TPSA) is 219 Å².